The lowest BCUT2D eigenvalue weighted by atomic mass is 10.1. The molecule has 0 saturated carbocycles. The molecule has 1 N–H and O–H groups in total. The summed E-state index contributed by atoms with van der Waals surface area (Å²) in [5.41, 5.74) is 3.25. The Morgan fingerprint density at radius 2 is 2.11 bits per heavy atom. The van der Waals surface area contributed by atoms with Gasteiger partial charge in [-0.1, -0.05) is 0 Å². The molecule has 3 nitrogen and oxygen atoms in total. The molecule has 0 radical (unpaired) electrons. The monoisotopic (exact) mass is 261 g/mol. The van der Waals surface area contributed by atoms with E-state index in [2.05, 4.69) is 10.4 Å². The zero-order chi connectivity index (χ0) is 14.0. The topological polar surface area (TPSA) is 29.9 Å². The second kappa shape index (κ2) is 5.43. The minimum Gasteiger partial charge on any atom is -0.383 e. The first kappa shape index (κ1) is 13.6. The Kier molecular flexibility index (Phi) is 3.88. The SMILES string of the molecule is CCn1ncc(C)c1-c1ccc(NC(C)C)cc1F. The van der Waals surface area contributed by atoms with E-state index in [1.165, 1.54) is 0 Å². The van der Waals surface area contributed by atoms with Gasteiger partial charge in [-0.3, -0.25) is 4.68 Å². The summed E-state index contributed by atoms with van der Waals surface area (Å²) in [5.74, 6) is -0.219. The summed E-state index contributed by atoms with van der Waals surface area (Å²) < 4.78 is 16.1. The van der Waals surface area contributed by atoms with E-state index in [9.17, 15) is 4.39 Å². The summed E-state index contributed by atoms with van der Waals surface area (Å²) in [5, 5.41) is 7.46. The number of halogens is 1. The Labute approximate surface area is 113 Å². The van der Waals surface area contributed by atoms with Crippen LogP contribution in [0.4, 0.5) is 10.1 Å². The van der Waals surface area contributed by atoms with Gasteiger partial charge < -0.3 is 5.32 Å². The first-order valence-electron chi connectivity index (χ1n) is 6.61. The molecule has 0 aliphatic rings. The van der Waals surface area contributed by atoms with Crippen molar-refractivity contribution in [2.24, 2.45) is 0 Å². The maximum Gasteiger partial charge on any atom is 0.134 e. The van der Waals surface area contributed by atoms with Gasteiger partial charge in [0.2, 0.25) is 0 Å². The molecule has 102 valence electrons. The lowest BCUT2D eigenvalue weighted by Gasteiger charge is -2.12. The van der Waals surface area contributed by atoms with Gasteiger partial charge in [0.25, 0.3) is 0 Å². The zero-order valence-electron chi connectivity index (χ0n) is 11.9. The van der Waals surface area contributed by atoms with Crippen LogP contribution in [-0.4, -0.2) is 15.8 Å². The van der Waals surface area contributed by atoms with E-state index in [0.29, 0.717) is 5.56 Å². The van der Waals surface area contributed by atoms with Gasteiger partial charge in [0, 0.05) is 23.8 Å². The van der Waals surface area contributed by atoms with Crippen molar-refractivity contribution < 1.29 is 4.39 Å². The molecular weight excluding hydrogens is 241 g/mol. The van der Waals surface area contributed by atoms with Crippen LogP contribution in [0.2, 0.25) is 0 Å². The van der Waals surface area contributed by atoms with Crippen molar-refractivity contribution in [2.75, 3.05) is 5.32 Å². The number of aromatic nitrogens is 2. The van der Waals surface area contributed by atoms with Gasteiger partial charge in [-0.15, -0.1) is 0 Å². The fourth-order valence-electron chi connectivity index (χ4n) is 2.20. The number of nitrogens with one attached hydrogen (secondary N) is 1. The number of benzene rings is 1. The molecule has 0 fully saturated rings. The normalized spacial score (nSPS) is 11.1. The van der Waals surface area contributed by atoms with E-state index < -0.39 is 0 Å². The molecule has 0 aliphatic carbocycles. The molecule has 2 rings (SSSR count). The first-order chi connectivity index (χ1) is 9.02. The molecule has 1 aromatic heterocycles. The number of rotatable bonds is 4. The third-order valence-electron chi connectivity index (χ3n) is 3.00. The Morgan fingerprint density at radius 3 is 2.68 bits per heavy atom. The van der Waals surface area contributed by atoms with Gasteiger partial charge in [-0.05, 0) is 51.5 Å². The predicted molar refractivity (Wildman–Crippen MR) is 76.8 cm³/mol. The maximum atomic E-state index is 14.3. The fourth-order valence-corrected chi connectivity index (χ4v) is 2.20. The second-order valence-electron chi connectivity index (χ2n) is 4.99. The van der Waals surface area contributed by atoms with Crippen LogP contribution in [0.3, 0.4) is 0 Å². The lowest BCUT2D eigenvalue weighted by Crippen LogP contribution is -2.10. The number of aryl methyl sites for hydroxylation is 2. The molecule has 1 heterocycles. The van der Waals surface area contributed by atoms with Gasteiger partial charge >= 0.3 is 0 Å². The fraction of sp³-hybridized carbons (Fsp3) is 0.400. The third kappa shape index (κ3) is 2.78. The number of hydrogen-bond acceptors (Lipinski definition) is 2. The second-order valence-corrected chi connectivity index (χ2v) is 4.99. The van der Waals surface area contributed by atoms with Crippen molar-refractivity contribution >= 4 is 5.69 Å². The van der Waals surface area contributed by atoms with E-state index in [1.54, 1.807) is 12.3 Å². The van der Waals surface area contributed by atoms with Crippen molar-refractivity contribution in [3.05, 3.63) is 35.8 Å². The van der Waals surface area contributed by atoms with Crippen LogP contribution >= 0.6 is 0 Å². The van der Waals surface area contributed by atoms with Gasteiger partial charge in [0.05, 0.1) is 11.9 Å². The number of anilines is 1. The Bertz CT molecular complexity index is 573. The predicted octanol–water partition coefficient (Wildman–Crippen LogP) is 3.84. The van der Waals surface area contributed by atoms with Crippen LogP contribution in [0.1, 0.15) is 26.3 Å². The maximum absolute atomic E-state index is 14.3. The minimum absolute atomic E-state index is 0.219. The molecular formula is C15H20FN3. The minimum atomic E-state index is -0.219. The van der Waals surface area contributed by atoms with Crippen molar-refractivity contribution in [1.82, 2.24) is 9.78 Å². The van der Waals surface area contributed by atoms with Crippen LogP contribution in [0.15, 0.2) is 24.4 Å². The zero-order valence-corrected chi connectivity index (χ0v) is 11.9. The molecule has 0 saturated heterocycles. The average molecular weight is 261 g/mol. The highest BCUT2D eigenvalue weighted by molar-refractivity contribution is 5.66. The Balaban J connectivity index is 2.43. The van der Waals surface area contributed by atoms with E-state index in [0.717, 1.165) is 23.5 Å². The smallest absolute Gasteiger partial charge is 0.134 e. The highest BCUT2D eigenvalue weighted by Gasteiger charge is 2.14. The summed E-state index contributed by atoms with van der Waals surface area (Å²) in [4.78, 5) is 0. The molecule has 0 bridgehead atoms. The highest BCUT2D eigenvalue weighted by Crippen LogP contribution is 2.28. The first-order valence-corrected chi connectivity index (χ1v) is 6.61. The van der Waals surface area contributed by atoms with Crippen LogP contribution in [0.5, 0.6) is 0 Å². The van der Waals surface area contributed by atoms with Crippen molar-refractivity contribution in [3.8, 4) is 11.3 Å². The largest absolute Gasteiger partial charge is 0.383 e. The Morgan fingerprint density at radius 1 is 1.37 bits per heavy atom. The average Bonchev–Trinajstić information content (AvgIpc) is 2.70. The number of nitrogens with zero attached hydrogens (tertiary/aromatic N) is 2. The molecule has 0 amide bonds. The van der Waals surface area contributed by atoms with Gasteiger partial charge in [-0.2, -0.15) is 5.10 Å². The van der Waals surface area contributed by atoms with Crippen LogP contribution < -0.4 is 5.32 Å². The molecule has 0 atom stereocenters. The summed E-state index contributed by atoms with van der Waals surface area (Å²) in [6.07, 6.45) is 1.78. The molecule has 1 aromatic carbocycles. The molecule has 0 unspecified atom stereocenters. The number of hydrogen-bond donors (Lipinski definition) is 1. The Hall–Kier alpha value is -1.84. The van der Waals surface area contributed by atoms with Crippen LogP contribution in [-0.2, 0) is 6.54 Å². The van der Waals surface area contributed by atoms with Crippen molar-refractivity contribution in [2.45, 2.75) is 40.3 Å². The van der Waals surface area contributed by atoms with E-state index >= 15 is 0 Å². The summed E-state index contributed by atoms with van der Waals surface area (Å²) in [6.45, 7) is 8.75. The van der Waals surface area contributed by atoms with Gasteiger partial charge in [-0.25, -0.2) is 4.39 Å². The molecule has 19 heavy (non-hydrogen) atoms. The summed E-state index contributed by atoms with van der Waals surface area (Å²) >= 11 is 0. The van der Waals surface area contributed by atoms with E-state index in [-0.39, 0.29) is 11.9 Å². The van der Waals surface area contributed by atoms with Gasteiger partial charge in [0.1, 0.15) is 5.82 Å². The van der Waals surface area contributed by atoms with Crippen molar-refractivity contribution in [1.29, 1.82) is 0 Å². The highest BCUT2D eigenvalue weighted by atomic mass is 19.1. The van der Waals surface area contributed by atoms with Crippen molar-refractivity contribution in [3.63, 3.8) is 0 Å². The quantitative estimate of drug-likeness (QED) is 0.906. The van der Waals surface area contributed by atoms with Crippen LogP contribution in [0.25, 0.3) is 11.3 Å². The molecule has 2 aromatic rings. The molecule has 4 heteroatoms. The standard InChI is InChI=1S/C15H20FN3/c1-5-19-15(11(4)9-17-19)13-7-6-12(8-14(13)16)18-10(2)3/h6-10,18H,5H2,1-4H3. The molecule has 0 aliphatic heterocycles. The summed E-state index contributed by atoms with van der Waals surface area (Å²) in [7, 11) is 0. The van der Waals surface area contributed by atoms with E-state index in [1.807, 2.05) is 44.5 Å². The van der Waals surface area contributed by atoms with Crippen LogP contribution in [0, 0.1) is 12.7 Å². The summed E-state index contributed by atoms with van der Waals surface area (Å²) in [6, 6.07) is 5.55. The van der Waals surface area contributed by atoms with E-state index in [4.69, 9.17) is 0 Å². The lowest BCUT2D eigenvalue weighted by molar-refractivity contribution is 0.621. The molecule has 0 spiro atoms. The third-order valence-corrected chi connectivity index (χ3v) is 3.00. The van der Waals surface area contributed by atoms with Gasteiger partial charge in [0.15, 0.2) is 0 Å².